The van der Waals surface area contributed by atoms with E-state index in [1.54, 1.807) is 24.3 Å². The standard InChI is InChI=1S/C12H13NO4/c1-7(14)10(12(15)16)11(13)8-5-3-4-6-9(8)17-2/h3-6,10,13H,1-2H3,(H,15,16). The zero-order chi connectivity index (χ0) is 13.0. The van der Waals surface area contributed by atoms with E-state index in [-0.39, 0.29) is 5.71 Å². The Balaban J connectivity index is 3.18. The topological polar surface area (TPSA) is 87.5 Å². The van der Waals surface area contributed by atoms with Gasteiger partial charge in [0, 0.05) is 5.56 Å². The van der Waals surface area contributed by atoms with Crippen molar-refractivity contribution in [3.05, 3.63) is 29.8 Å². The van der Waals surface area contributed by atoms with Gasteiger partial charge in [0.05, 0.1) is 12.8 Å². The first-order valence-corrected chi connectivity index (χ1v) is 4.94. The summed E-state index contributed by atoms with van der Waals surface area (Å²) >= 11 is 0. The summed E-state index contributed by atoms with van der Waals surface area (Å²) in [5.74, 6) is -2.97. The quantitative estimate of drug-likeness (QED) is 0.595. The fourth-order valence-corrected chi connectivity index (χ4v) is 1.52. The molecule has 0 aliphatic rings. The molecule has 0 aliphatic carbocycles. The highest BCUT2D eigenvalue weighted by Crippen LogP contribution is 2.21. The van der Waals surface area contributed by atoms with Gasteiger partial charge in [0.1, 0.15) is 11.5 Å². The number of benzene rings is 1. The molecule has 1 atom stereocenters. The van der Waals surface area contributed by atoms with Crippen LogP contribution in [-0.4, -0.2) is 29.7 Å². The van der Waals surface area contributed by atoms with Crippen molar-refractivity contribution >= 4 is 17.5 Å². The number of carbonyl (C=O) groups excluding carboxylic acids is 1. The number of para-hydroxylation sites is 1. The van der Waals surface area contributed by atoms with Crippen LogP contribution < -0.4 is 4.74 Å². The molecule has 1 aromatic carbocycles. The Hall–Kier alpha value is -2.17. The van der Waals surface area contributed by atoms with Gasteiger partial charge in [-0.2, -0.15) is 0 Å². The molecule has 0 amide bonds. The number of nitrogens with one attached hydrogen (secondary N) is 1. The van der Waals surface area contributed by atoms with Crippen molar-refractivity contribution < 1.29 is 19.4 Å². The molecule has 1 rings (SSSR count). The molecule has 5 nitrogen and oxygen atoms in total. The minimum Gasteiger partial charge on any atom is -0.496 e. The number of carboxylic acid groups (broad SMARTS) is 1. The molecule has 2 N–H and O–H groups in total. The molecule has 0 radical (unpaired) electrons. The molecule has 90 valence electrons. The lowest BCUT2D eigenvalue weighted by molar-refractivity contribution is -0.142. The first-order valence-electron chi connectivity index (χ1n) is 4.94. The Morgan fingerprint density at radius 3 is 2.41 bits per heavy atom. The molecule has 0 aromatic heterocycles. The molecule has 5 heteroatoms. The number of carbonyl (C=O) groups is 2. The van der Waals surface area contributed by atoms with Crippen LogP contribution in [0.2, 0.25) is 0 Å². The number of methoxy groups -OCH3 is 1. The van der Waals surface area contributed by atoms with Crippen LogP contribution in [0.4, 0.5) is 0 Å². The lowest BCUT2D eigenvalue weighted by atomic mass is 9.93. The van der Waals surface area contributed by atoms with Crippen molar-refractivity contribution in [2.24, 2.45) is 5.92 Å². The van der Waals surface area contributed by atoms with E-state index in [0.29, 0.717) is 11.3 Å². The number of hydrogen-bond donors (Lipinski definition) is 2. The van der Waals surface area contributed by atoms with E-state index in [9.17, 15) is 9.59 Å². The van der Waals surface area contributed by atoms with E-state index >= 15 is 0 Å². The number of aliphatic carboxylic acids is 1. The third kappa shape index (κ3) is 2.69. The van der Waals surface area contributed by atoms with Crippen LogP contribution >= 0.6 is 0 Å². The summed E-state index contributed by atoms with van der Waals surface area (Å²) in [6, 6.07) is 6.54. The average molecular weight is 235 g/mol. The lowest BCUT2D eigenvalue weighted by Gasteiger charge is -2.13. The van der Waals surface area contributed by atoms with Crippen molar-refractivity contribution in [2.45, 2.75) is 6.92 Å². The fraction of sp³-hybridized carbons (Fsp3) is 0.250. The summed E-state index contributed by atoms with van der Waals surface area (Å²) in [6.45, 7) is 1.16. The number of ketones is 1. The summed E-state index contributed by atoms with van der Waals surface area (Å²) in [5.41, 5.74) is 0.0556. The SMILES string of the molecule is COc1ccccc1C(=N)C(C(C)=O)C(=O)O. The number of hydrogen-bond acceptors (Lipinski definition) is 4. The normalized spacial score (nSPS) is 11.6. The first kappa shape index (κ1) is 12.9. The Morgan fingerprint density at radius 2 is 1.94 bits per heavy atom. The Labute approximate surface area is 98.5 Å². The van der Waals surface area contributed by atoms with E-state index in [1.807, 2.05) is 0 Å². The molecule has 0 saturated heterocycles. The van der Waals surface area contributed by atoms with E-state index in [2.05, 4.69) is 0 Å². The van der Waals surface area contributed by atoms with Crippen molar-refractivity contribution in [2.75, 3.05) is 7.11 Å². The van der Waals surface area contributed by atoms with Gasteiger partial charge in [0.25, 0.3) is 0 Å². The van der Waals surface area contributed by atoms with E-state index in [0.717, 1.165) is 6.92 Å². The van der Waals surface area contributed by atoms with Crippen molar-refractivity contribution in [3.63, 3.8) is 0 Å². The molecule has 0 heterocycles. The summed E-state index contributed by atoms with van der Waals surface area (Å²) < 4.78 is 5.03. The monoisotopic (exact) mass is 235 g/mol. The Kier molecular flexibility index (Phi) is 3.98. The maximum absolute atomic E-state index is 11.2. The summed E-state index contributed by atoms with van der Waals surface area (Å²) in [6.07, 6.45) is 0. The van der Waals surface area contributed by atoms with Crippen LogP contribution in [0.5, 0.6) is 5.75 Å². The van der Waals surface area contributed by atoms with Gasteiger partial charge in [-0.05, 0) is 19.1 Å². The number of rotatable bonds is 5. The molecular weight excluding hydrogens is 222 g/mol. The largest absolute Gasteiger partial charge is 0.496 e. The second-order valence-corrected chi connectivity index (χ2v) is 3.50. The molecule has 0 saturated carbocycles. The molecule has 17 heavy (non-hydrogen) atoms. The van der Waals surface area contributed by atoms with Gasteiger partial charge in [-0.25, -0.2) is 0 Å². The zero-order valence-corrected chi connectivity index (χ0v) is 9.56. The van der Waals surface area contributed by atoms with Gasteiger partial charge < -0.3 is 15.3 Å². The maximum atomic E-state index is 11.2. The smallest absolute Gasteiger partial charge is 0.320 e. The lowest BCUT2D eigenvalue weighted by Crippen LogP contribution is -2.30. The molecule has 0 fully saturated rings. The van der Waals surface area contributed by atoms with Gasteiger partial charge in [-0.1, -0.05) is 12.1 Å². The predicted octanol–water partition coefficient (Wildman–Crippen LogP) is 1.35. The minimum absolute atomic E-state index is 0.262. The van der Waals surface area contributed by atoms with Crippen LogP contribution in [-0.2, 0) is 9.59 Å². The van der Waals surface area contributed by atoms with Crippen molar-refractivity contribution in [1.82, 2.24) is 0 Å². The molecule has 0 aliphatic heterocycles. The summed E-state index contributed by atoms with van der Waals surface area (Å²) in [5, 5.41) is 16.7. The second-order valence-electron chi connectivity index (χ2n) is 3.50. The zero-order valence-electron chi connectivity index (χ0n) is 9.56. The highest BCUT2D eigenvalue weighted by atomic mass is 16.5. The van der Waals surface area contributed by atoms with Crippen LogP contribution in [0, 0.1) is 11.3 Å². The third-order valence-electron chi connectivity index (χ3n) is 2.34. The highest BCUT2D eigenvalue weighted by Gasteiger charge is 2.29. The molecular formula is C12H13NO4. The van der Waals surface area contributed by atoms with Crippen molar-refractivity contribution in [1.29, 1.82) is 5.41 Å². The number of carboxylic acids is 1. The van der Waals surface area contributed by atoms with Crippen LogP contribution in [0.1, 0.15) is 12.5 Å². The summed E-state index contributed by atoms with van der Waals surface area (Å²) in [7, 11) is 1.43. The van der Waals surface area contributed by atoms with E-state index < -0.39 is 17.7 Å². The van der Waals surface area contributed by atoms with Gasteiger partial charge in [-0.15, -0.1) is 0 Å². The van der Waals surface area contributed by atoms with Gasteiger partial charge in [-0.3, -0.25) is 9.59 Å². The van der Waals surface area contributed by atoms with Crippen molar-refractivity contribution in [3.8, 4) is 5.75 Å². The maximum Gasteiger partial charge on any atom is 0.320 e. The second kappa shape index (κ2) is 5.25. The summed E-state index contributed by atoms with van der Waals surface area (Å²) in [4.78, 5) is 22.2. The molecule has 1 aromatic rings. The van der Waals surface area contributed by atoms with Crippen LogP contribution in [0.25, 0.3) is 0 Å². The minimum atomic E-state index is -1.45. The molecule has 0 bridgehead atoms. The number of ether oxygens (including phenoxy) is 1. The average Bonchev–Trinajstić information content (AvgIpc) is 2.27. The van der Waals surface area contributed by atoms with E-state index in [1.165, 1.54) is 7.11 Å². The van der Waals surface area contributed by atoms with Crippen LogP contribution in [0.15, 0.2) is 24.3 Å². The van der Waals surface area contributed by atoms with Gasteiger partial charge in [0.15, 0.2) is 5.92 Å². The first-order chi connectivity index (χ1) is 7.99. The Bertz CT molecular complexity index is 453. The third-order valence-corrected chi connectivity index (χ3v) is 2.34. The van der Waals surface area contributed by atoms with Crippen LogP contribution in [0.3, 0.4) is 0 Å². The Morgan fingerprint density at radius 1 is 1.35 bits per heavy atom. The van der Waals surface area contributed by atoms with Gasteiger partial charge >= 0.3 is 5.97 Å². The predicted molar refractivity (Wildman–Crippen MR) is 61.6 cm³/mol. The highest BCUT2D eigenvalue weighted by molar-refractivity contribution is 6.23. The molecule has 1 unspecified atom stereocenters. The number of Topliss-reactive ketones (excluding diaryl/α,β-unsaturated/α-hetero) is 1. The van der Waals surface area contributed by atoms with Gasteiger partial charge in [0.2, 0.25) is 0 Å². The van der Waals surface area contributed by atoms with E-state index in [4.69, 9.17) is 15.3 Å². The fourth-order valence-electron chi connectivity index (χ4n) is 1.52. The molecule has 0 spiro atoms.